The topological polar surface area (TPSA) is 33.2 Å². The number of allylic oxidation sites excluding steroid dienone is 2. The molecule has 0 radical (unpaired) electrons. The fourth-order valence-corrected chi connectivity index (χ4v) is 8.04. The zero-order valence-electron chi connectivity index (χ0n) is 18.6. The highest BCUT2D eigenvalue weighted by Gasteiger charge is 2.60. The highest BCUT2D eigenvalue weighted by Crippen LogP contribution is 2.66. The summed E-state index contributed by atoms with van der Waals surface area (Å²) in [5.74, 6) is 2.62. The normalized spacial score (nSPS) is 40.8. The van der Waals surface area contributed by atoms with E-state index in [1.54, 1.807) is 12.5 Å². The number of aromatic nitrogens is 1. The quantitative estimate of drug-likeness (QED) is 0.666. The Balaban J connectivity index is 1.43. The largest absolute Gasteiger partial charge is 0.339 e. The van der Waals surface area contributed by atoms with E-state index in [1.807, 2.05) is 6.20 Å². The van der Waals surface area contributed by atoms with E-state index >= 15 is 0 Å². The van der Waals surface area contributed by atoms with E-state index in [4.69, 9.17) is 0 Å². The summed E-state index contributed by atoms with van der Waals surface area (Å²) in [4.78, 5) is 19.0. The molecule has 2 heterocycles. The average molecular weight is 393 g/mol. The van der Waals surface area contributed by atoms with Gasteiger partial charge in [0.15, 0.2) is 0 Å². The van der Waals surface area contributed by atoms with Crippen LogP contribution in [0.1, 0.15) is 77.3 Å². The monoisotopic (exact) mass is 392 g/mol. The first-order valence-electron chi connectivity index (χ1n) is 11.8. The summed E-state index contributed by atoms with van der Waals surface area (Å²) in [5, 5.41) is 0. The van der Waals surface area contributed by atoms with Crippen molar-refractivity contribution >= 4 is 11.5 Å². The highest BCUT2D eigenvalue weighted by atomic mass is 16.2. The maximum absolute atomic E-state index is 12.2. The number of hydrogen-bond acceptors (Lipinski definition) is 2. The van der Waals surface area contributed by atoms with Crippen LogP contribution in [-0.2, 0) is 11.2 Å². The fraction of sp³-hybridized carbons (Fsp3) is 0.692. The molecule has 1 aliphatic heterocycles. The van der Waals surface area contributed by atoms with E-state index < -0.39 is 0 Å². The van der Waals surface area contributed by atoms with E-state index in [2.05, 4.69) is 49.0 Å². The Bertz CT molecular complexity index is 860. The number of carbonyl (C=O) groups excluding carboxylic acids is 1. The van der Waals surface area contributed by atoms with Crippen LogP contribution in [0.25, 0.3) is 5.57 Å². The first kappa shape index (κ1) is 19.3. The fourth-order valence-electron chi connectivity index (χ4n) is 8.04. The Morgan fingerprint density at radius 3 is 2.76 bits per heavy atom. The Hall–Kier alpha value is -1.64. The molecule has 1 saturated heterocycles. The maximum Gasteiger partial charge on any atom is 0.219 e. The second kappa shape index (κ2) is 6.68. The minimum atomic E-state index is 0.283. The van der Waals surface area contributed by atoms with Crippen molar-refractivity contribution < 1.29 is 4.79 Å². The number of likely N-dealkylation sites (tertiary alicyclic amines) is 1. The number of nitrogens with zero attached hydrogens (tertiary/aromatic N) is 2. The summed E-state index contributed by atoms with van der Waals surface area (Å²) < 4.78 is 0. The van der Waals surface area contributed by atoms with Gasteiger partial charge in [-0.3, -0.25) is 9.78 Å². The first-order valence-corrected chi connectivity index (χ1v) is 11.8. The molecular weight excluding hydrogens is 356 g/mol. The SMILES string of the molecule is CCc1cncc(C2=CCC3C4CCC5N(C(C)=O)CCC5(C)C4CCC23C)c1. The summed E-state index contributed by atoms with van der Waals surface area (Å²) in [7, 11) is 0. The number of hydrogen-bond donors (Lipinski definition) is 0. The predicted molar refractivity (Wildman–Crippen MR) is 117 cm³/mol. The van der Waals surface area contributed by atoms with Gasteiger partial charge in [-0.05, 0) is 96.3 Å². The molecule has 0 spiro atoms. The molecule has 5 rings (SSSR count). The lowest BCUT2D eigenvalue weighted by Gasteiger charge is -2.57. The lowest BCUT2D eigenvalue weighted by atomic mass is 9.48. The molecule has 3 nitrogen and oxygen atoms in total. The molecule has 1 amide bonds. The molecule has 3 fully saturated rings. The van der Waals surface area contributed by atoms with Gasteiger partial charge in [0.25, 0.3) is 0 Å². The second-order valence-corrected chi connectivity index (χ2v) is 10.7. The summed E-state index contributed by atoms with van der Waals surface area (Å²) in [5.41, 5.74) is 4.87. The van der Waals surface area contributed by atoms with Crippen LogP contribution in [0.5, 0.6) is 0 Å². The van der Waals surface area contributed by atoms with Crippen molar-refractivity contribution in [2.24, 2.45) is 28.6 Å². The van der Waals surface area contributed by atoms with Gasteiger partial charge in [-0.1, -0.05) is 26.8 Å². The van der Waals surface area contributed by atoms with E-state index in [9.17, 15) is 4.79 Å². The van der Waals surface area contributed by atoms with Crippen LogP contribution in [-0.4, -0.2) is 28.4 Å². The molecule has 1 aromatic heterocycles. The molecule has 4 aliphatic rings. The molecule has 3 heteroatoms. The van der Waals surface area contributed by atoms with Crippen molar-refractivity contribution in [3.8, 4) is 0 Å². The molecule has 156 valence electrons. The zero-order chi connectivity index (χ0) is 20.4. The zero-order valence-corrected chi connectivity index (χ0v) is 18.6. The number of amides is 1. The van der Waals surface area contributed by atoms with Gasteiger partial charge in [-0.25, -0.2) is 0 Å². The van der Waals surface area contributed by atoms with Crippen molar-refractivity contribution in [3.63, 3.8) is 0 Å². The van der Waals surface area contributed by atoms with Gasteiger partial charge in [-0.15, -0.1) is 0 Å². The number of pyridine rings is 1. The third-order valence-electron chi connectivity index (χ3n) is 9.59. The van der Waals surface area contributed by atoms with Crippen LogP contribution >= 0.6 is 0 Å². The Morgan fingerprint density at radius 1 is 1.17 bits per heavy atom. The van der Waals surface area contributed by atoms with Crippen molar-refractivity contribution in [2.75, 3.05) is 6.54 Å². The Kier molecular flexibility index (Phi) is 4.46. The minimum absolute atomic E-state index is 0.283. The molecular formula is C26H36N2O. The van der Waals surface area contributed by atoms with E-state index in [0.717, 1.165) is 30.7 Å². The van der Waals surface area contributed by atoms with E-state index in [-0.39, 0.29) is 11.3 Å². The number of carbonyl (C=O) groups is 1. The van der Waals surface area contributed by atoms with Crippen molar-refractivity contribution in [1.82, 2.24) is 9.88 Å². The minimum Gasteiger partial charge on any atom is -0.339 e. The molecule has 6 atom stereocenters. The molecule has 6 unspecified atom stereocenters. The Labute approximate surface area is 176 Å². The van der Waals surface area contributed by atoms with Gasteiger partial charge in [0.1, 0.15) is 0 Å². The van der Waals surface area contributed by atoms with Gasteiger partial charge < -0.3 is 4.90 Å². The predicted octanol–water partition coefficient (Wildman–Crippen LogP) is 5.50. The van der Waals surface area contributed by atoms with Crippen LogP contribution in [0, 0.1) is 28.6 Å². The van der Waals surface area contributed by atoms with Gasteiger partial charge in [0, 0.05) is 31.9 Å². The van der Waals surface area contributed by atoms with E-state index in [0.29, 0.717) is 11.5 Å². The van der Waals surface area contributed by atoms with Crippen molar-refractivity contribution in [1.29, 1.82) is 0 Å². The Morgan fingerprint density at radius 2 is 2.00 bits per heavy atom. The van der Waals surface area contributed by atoms with Crippen LogP contribution < -0.4 is 0 Å². The highest BCUT2D eigenvalue weighted by molar-refractivity contribution is 5.74. The lowest BCUT2D eigenvalue weighted by molar-refractivity contribution is -0.134. The van der Waals surface area contributed by atoms with Crippen molar-refractivity contribution in [2.45, 2.75) is 78.7 Å². The van der Waals surface area contributed by atoms with Gasteiger partial charge in [0.2, 0.25) is 5.91 Å². The summed E-state index contributed by atoms with van der Waals surface area (Å²) >= 11 is 0. The average Bonchev–Trinajstić information content (AvgIpc) is 3.25. The molecule has 1 aromatic rings. The standard InChI is InChI=1S/C26H36N2O/c1-5-18-14-19(16-27-15-18)21-7-8-22-20-6-9-24-26(4,12-13-28(24)17(2)29)23(20)10-11-25(21,22)3/h7,14-16,20,22-24H,5-6,8-13H2,1-4H3. The van der Waals surface area contributed by atoms with Gasteiger partial charge in [-0.2, -0.15) is 0 Å². The van der Waals surface area contributed by atoms with Crippen LogP contribution in [0.15, 0.2) is 24.5 Å². The van der Waals surface area contributed by atoms with Gasteiger partial charge in [0.05, 0.1) is 0 Å². The summed E-state index contributed by atoms with van der Waals surface area (Å²) in [6.07, 6.45) is 15.2. The van der Waals surface area contributed by atoms with Crippen LogP contribution in [0.3, 0.4) is 0 Å². The molecule has 0 N–H and O–H groups in total. The third-order valence-corrected chi connectivity index (χ3v) is 9.59. The van der Waals surface area contributed by atoms with Crippen LogP contribution in [0.4, 0.5) is 0 Å². The summed E-state index contributed by atoms with van der Waals surface area (Å²) in [6.45, 7) is 10.0. The van der Waals surface area contributed by atoms with Gasteiger partial charge >= 0.3 is 0 Å². The third kappa shape index (κ3) is 2.68. The number of fused-ring (bicyclic) bond motifs is 5. The lowest BCUT2D eigenvalue weighted by Crippen LogP contribution is -2.54. The molecule has 3 aliphatic carbocycles. The molecule has 0 aromatic carbocycles. The molecule has 0 bridgehead atoms. The van der Waals surface area contributed by atoms with Crippen LogP contribution in [0.2, 0.25) is 0 Å². The van der Waals surface area contributed by atoms with Crippen molar-refractivity contribution in [3.05, 3.63) is 35.7 Å². The van der Waals surface area contributed by atoms with E-state index in [1.165, 1.54) is 49.7 Å². The number of rotatable bonds is 2. The second-order valence-electron chi connectivity index (χ2n) is 10.7. The molecule has 2 saturated carbocycles. The number of aryl methyl sites for hydroxylation is 1. The molecule has 29 heavy (non-hydrogen) atoms. The smallest absolute Gasteiger partial charge is 0.219 e. The maximum atomic E-state index is 12.2. The first-order chi connectivity index (χ1) is 13.9. The summed E-state index contributed by atoms with van der Waals surface area (Å²) in [6, 6.07) is 2.85.